The minimum absolute atomic E-state index is 0.356. The van der Waals surface area contributed by atoms with Gasteiger partial charge in [0, 0.05) is 0 Å². The third-order valence-corrected chi connectivity index (χ3v) is 27.0. The molecule has 0 aliphatic heterocycles. The fraction of sp³-hybridized carbons (Fsp3) is 0.396. The van der Waals surface area contributed by atoms with Gasteiger partial charge in [-0.3, -0.25) is 0 Å². The lowest BCUT2D eigenvalue weighted by atomic mass is 10.1. The van der Waals surface area contributed by atoms with Gasteiger partial charge in [-0.15, -0.1) is 0 Å². The summed E-state index contributed by atoms with van der Waals surface area (Å²) in [5, 5.41) is 10.1. The zero-order valence-electron chi connectivity index (χ0n) is 39.9. The van der Waals surface area contributed by atoms with Crippen LogP contribution < -0.4 is 9.47 Å². The van der Waals surface area contributed by atoms with Gasteiger partial charge in [0.25, 0.3) is 0 Å². The van der Waals surface area contributed by atoms with E-state index in [2.05, 4.69) is 83.6 Å². The molecule has 0 aromatic heterocycles. The summed E-state index contributed by atoms with van der Waals surface area (Å²) in [7, 11) is -7.55. The van der Waals surface area contributed by atoms with E-state index in [-0.39, 0.29) is 0 Å². The zero-order valence-corrected chi connectivity index (χ0v) is 43.9. The van der Waals surface area contributed by atoms with Crippen LogP contribution in [0.1, 0.15) is 74.2 Å². The van der Waals surface area contributed by atoms with E-state index < -0.39 is 45.2 Å². The minimum Gasteiger partial charge on any atom is -0.508 e. The highest BCUT2D eigenvalue weighted by atomic mass is 28.4. The van der Waals surface area contributed by atoms with Gasteiger partial charge in [-0.25, -0.2) is 9.59 Å². The number of phenolic OH excluding ortho intramolecular Hbond substituents is 1. The van der Waals surface area contributed by atoms with Crippen molar-refractivity contribution in [3.63, 3.8) is 0 Å². The molecule has 1 N–H and O–H groups in total. The Hall–Kier alpha value is -4.37. The van der Waals surface area contributed by atoms with Gasteiger partial charge in [0.05, 0.1) is 11.1 Å². The molecule has 0 aliphatic carbocycles. The van der Waals surface area contributed by atoms with Crippen LogP contribution in [0.4, 0.5) is 0 Å². The number of para-hydroxylation sites is 3. The molecule has 5 aromatic carbocycles. The van der Waals surface area contributed by atoms with Crippen LogP contribution in [-0.4, -0.2) is 50.3 Å². The Morgan fingerprint density at radius 3 is 1.12 bits per heavy atom. The lowest BCUT2D eigenvalue weighted by Crippen LogP contribution is -2.44. The summed E-state index contributed by atoms with van der Waals surface area (Å²) in [5.74, 6) is 0.526. The number of benzene rings is 5. The third kappa shape index (κ3) is 16.6. The lowest BCUT2D eigenvalue weighted by molar-refractivity contribution is 0.0719. The van der Waals surface area contributed by atoms with Crippen molar-refractivity contribution in [2.75, 3.05) is 0 Å². The van der Waals surface area contributed by atoms with E-state index in [4.69, 9.17) is 17.7 Å². The SMILES string of the molecule is Cc1ccccc1CCC[Si](C)(C)O[Si](C)(C)CCCc1ccccc1OC(=O)c1ccc(C(=O)Oc2ccccc2CCC[Si](C)(C)O[Si](C)(C)CCCc2ccccc2O)cc1. The van der Waals surface area contributed by atoms with Crippen LogP contribution in [0.15, 0.2) is 121 Å². The topological polar surface area (TPSA) is 91.3 Å². The van der Waals surface area contributed by atoms with E-state index in [1.165, 1.54) is 11.1 Å². The Morgan fingerprint density at radius 2 is 0.734 bits per heavy atom. The van der Waals surface area contributed by atoms with E-state index in [0.717, 1.165) is 92.2 Å². The van der Waals surface area contributed by atoms with Gasteiger partial charge in [0.1, 0.15) is 17.2 Å². The average Bonchev–Trinajstić information content (AvgIpc) is 3.22. The Morgan fingerprint density at radius 1 is 0.422 bits per heavy atom. The number of esters is 2. The molecule has 0 saturated carbocycles. The number of rotatable bonds is 24. The first-order valence-electron chi connectivity index (χ1n) is 23.2. The molecule has 0 radical (unpaired) electrons. The van der Waals surface area contributed by atoms with Crippen molar-refractivity contribution in [2.24, 2.45) is 0 Å². The molecule has 11 heteroatoms. The van der Waals surface area contributed by atoms with E-state index in [9.17, 15) is 14.7 Å². The molecule has 0 fully saturated rings. The molecule has 0 unspecified atom stereocenters. The number of phenols is 1. The number of aromatic hydroxyl groups is 1. The highest BCUT2D eigenvalue weighted by Crippen LogP contribution is 2.30. The normalized spacial score (nSPS) is 12.3. The highest BCUT2D eigenvalue weighted by molar-refractivity contribution is 6.85. The molecule has 0 bridgehead atoms. The average molecular weight is 933 g/mol. The standard InChI is InChI=1S/C53H72O7Si4/c1-42-22-10-11-23-43(42)27-18-38-61(2,3)59-63(6,7)40-20-29-45-25-13-16-32-50(45)57-52(55)47-34-36-48(37-35-47)53(56)58-51-33-17-14-26-46(51)30-21-41-64(8,9)60-62(4,5)39-19-28-44-24-12-15-31-49(44)54/h10-17,22-26,31-37,54H,18-21,27-30,38-41H2,1-9H3. The van der Waals surface area contributed by atoms with E-state index >= 15 is 0 Å². The second kappa shape index (κ2) is 23.2. The number of hydrogen-bond donors (Lipinski definition) is 1. The largest absolute Gasteiger partial charge is 0.508 e. The van der Waals surface area contributed by atoms with Crippen LogP contribution in [-0.2, 0) is 33.9 Å². The summed E-state index contributed by atoms with van der Waals surface area (Å²) < 4.78 is 25.7. The minimum atomic E-state index is -1.95. The first-order valence-corrected chi connectivity index (χ1v) is 35.7. The summed E-state index contributed by atoms with van der Waals surface area (Å²) in [6.45, 7) is 20.8. The van der Waals surface area contributed by atoms with Crippen LogP contribution in [0.5, 0.6) is 17.2 Å². The molecule has 0 saturated heterocycles. The van der Waals surface area contributed by atoms with Gasteiger partial charge in [-0.1, -0.05) is 78.9 Å². The fourth-order valence-electron chi connectivity index (χ4n) is 8.81. The Balaban J connectivity index is 1.07. The van der Waals surface area contributed by atoms with E-state index in [0.29, 0.717) is 28.4 Å². The van der Waals surface area contributed by atoms with E-state index in [1.807, 2.05) is 66.7 Å². The maximum atomic E-state index is 13.4. The van der Waals surface area contributed by atoms with Crippen LogP contribution >= 0.6 is 0 Å². The van der Waals surface area contributed by atoms with Crippen molar-refractivity contribution in [2.45, 2.75) is 135 Å². The lowest BCUT2D eigenvalue weighted by Gasteiger charge is -2.34. The molecule has 0 heterocycles. The van der Waals surface area contributed by atoms with Gasteiger partial charge >= 0.3 is 11.9 Å². The van der Waals surface area contributed by atoms with Gasteiger partial charge in [0.15, 0.2) is 33.3 Å². The van der Waals surface area contributed by atoms with Crippen molar-refractivity contribution in [3.05, 3.63) is 160 Å². The molecule has 0 aliphatic rings. The van der Waals surface area contributed by atoms with Crippen LogP contribution in [0.2, 0.25) is 76.6 Å². The first kappa shape index (κ1) is 50.6. The summed E-state index contributed by atoms with van der Waals surface area (Å²) in [5.41, 5.74) is 6.48. The van der Waals surface area contributed by atoms with Gasteiger partial charge in [0.2, 0.25) is 0 Å². The predicted octanol–water partition coefficient (Wildman–Crippen LogP) is 14.1. The zero-order chi connectivity index (χ0) is 46.4. The molecule has 342 valence electrons. The van der Waals surface area contributed by atoms with Gasteiger partial charge in [-0.2, -0.15) is 0 Å². The molecule has 5 aromatic rings. The molecule has 0 spiro atoms. The number of carbonyl (C=O) groups excluding carboxylic acids is 2. The molecule has 0 amide bonds. The molecular weight excluding hydrogens is 861 g/mol. The maximum absolute atomic E-state index is 13.4. The fourth-order valence-corrected chi connectivity index (χ4v) is 26.5. The first-order chi connectivity index (χ1) is 30.3. The van der Waals surface area contributed by atoms with Crippen LogP contribution in [0, 0.1) is 6.92 Å². The Kier molecular flexibility index (Phi) is 18.3. The van der Waals surface area contributed by atoms with Crippen molar-refractivity contribution < 1.29 is 32.4 Å². The van der Waals surface area contributed by atoms with Crippen molar-refractivity contribution in [3.8, 4) is 17.2 Å². The van der Waals surface area contributed by atoms with Crippen LogP contribution in [0.3, 0.4) is 0 Å². The van der Waals surface area contributed by atoms with Gasteiger partial charge < -0.3 is 22.8 Å². The maximum Gasteiger partial charge on any atom is 0.343 e. The monoisotopic (exact) mass is 932 g/mol. The van der Waals surface area contributed by atoms with Crippen molar-refractivity contribution in [1.29, 1.82) is 0 Å². The summed E-state index contributed by atoms with van der Waals surface area (Å²) in [6.07, 6.45) is 7.55. The van der Waals surface area contributed by atoms with Gasteiger partial charge in [-0.05, 0) is 205 Å². The summed E-state index contributed by atoms with van der Waals surface area (Å²) in [4.78, 5) is 26.7. The molecular formula is C53H72O7Si4. The number of aryl methyl sites for hydroxylation is 5. The Bertz CT molecular complexity index is 2130. The second-order valence-corrected chi connectivity index (χ2v) is 37.5. The summed E-state index contributed by atoms with van der Waals surface area (Å²) >= 11 is 0. The van der Waals surface area contributed by atoms with Crippen molar-refractivity contribution >= 4 is 45.2 Å². The molecule has 5 rings (SSSR count). The predicted molar refractivity (Wildman–Crippen MR) is 273 cm³/mol. The molecule has 64 heavy (non-hydrogen) atoms. The van der Waals surface area contributed by atoms with E-state index in [1.54, 1.807) is 30.3 Å². The number of hydrogen-bond acceptors (Lipinski definition) is 7. The molecule has 0 atom stereocenters. The highest BCUT2D eigenvalue weighted by Gasteiger charge is 2.34. The van der Waals surface area contributed by atoms with Crippen molar-refractivity contribution in [1.82, 2.24) is 0 Å². The number of ether oxygens (including phenoxy) is 2. The Labute approximate surface area is 388 Å². The third-order valence-electron chi connectivity index (χ3n) is 12.0. The summed E-state index contributed by atoms with van der Waals surface area (Å²) in [6, 6.07) is 42.4. The smallest absolute Gasteiger partial charge is 0.343 e. The second-order valence-electron chi connectivity index (χ2n) is 19.8. The quantitative estimate of drug-likeness (QED) is 0.0374. The molecule has 7 nitrogen and oxygen atoms in total. The van der Waals surface area contributed by atoms with Crippen LogP contribution in [0.25, 0.3) is 0 Å². The number of carbonyl (C=O) groups is 2.